The number of nitrogens with zero attached hydrogens (tertiary/aromatic N) is 1. The SMILES string of the molecule is CCCC(=O)Nc1ccc(SC(C(=O)Nc2nc(-c3ccc(OCC)cc3)cs2)c2ccccc2)cc1. The van der Waals surface area contributed by atoms with Crippen LogP contribution in [0.3, 0.4) is 0 Å². The van der Waals surface area contributed by atoms with Gasteiger partial charge in [-0.1, -0.05) is 37.3 Å². The van der Waals surface area contributed by atoms with E-state index in [0.29, 0.717) is 18.2 Å². The molecule has 0 aliphatic carbocycles. The molecule has 0 fully saturated rings. The molecule has 8 heteroatoms. The molecule has 0 bridgehead atoms. The summed E-state index contributed by atoms with van der Waals surface area (Å²) < 4.78 is 5.51. The molecular formula is C29H29N3O3S2. The van der Waals surface area contributed by atoms with E-state index in [1.165, 1.54) is 23.1 Å². The Hall–Kier alpha value is -3.62. The lowest BCUT2D eigenvalue weighted by Gasteiger charge is -2.16. The molecule has 1 aromatic heterocycles. The highest BCUT2D eigenvalue weighted by Gasteiger charge is 2.23. The number of hydrogen-bond donors (Lipinski definition) is 2. The van der Waals surface area contributed by atoms with E-state index in [2.05, 4.69) is 15.6 Å². The predicted molar refractivity (Wildman–Crippen MR) is 152 cm³/mol. The van der Waals surface area contributed by atoms with Crippen LogP contribution in [0.15, 0.2) is 89.1 Å². The highest BCUT2D eigenvalue weighted by molar-refractivity contribution is 8.00. The largest absolute Gasteiger partial charge is 0.494 e. The monoisotopic (exact) mass is 531 g/mol. The summed E-state index contributed by atoms with van der Waals surface area (Å²) in [5, 5.41) is 7.90. The molecule has 3 aromatic carbocycles. The van der Waals surface area contributed by atoms with Gasteiger partial charge in [-0.15, -0.1) is 23.1 Å². The lowest BCUT2D eigenvalue weighted by Crippen LogP contribution is -2.19. The number of carbonyl (C=O) groups excluding carboxylic acids is 2. The third-order valence-corrected chi connectivity index (χ3v) is 7.43. The van der Waals surface area contributed by atoms with E-state index in [1.54, 1.807) is 0 Å². The molecule has 6 nitrogen and oxygen atoms in total. The number of aromatic nitrogens is 1. The zero-order valence-corrected chi connectivity index (χ0v) is 22.4. The molecule has 0 aliphatic heterocycles. The molecule has 0 saturated carbocycles. The molecule has 0 saturated heterocycles. The molecule has 2 N–H and O–H groups in total. The van der Waals surface area contributed by atoms with Gasteiger partial charge in [0.05, 0.1) is 12.3 Å². The number of rotatable bonds is 11. The summed E-state index contributed by atoms with van der Waals surface area (Å²) in [6, 6.07) is 25.0. The van der Waals surface area contributed by atoms with E-state index in [4.69, 9.17) is 4.74 Å². The Labute approximate surface area is 225 Å². The van der Waals surface area contributed by atoms with Crippen LogP contribution in [-0.2, 0) is 9.59 Å². The molecule has 4 rings (SSSR count). The fourth-order valence-electron chi connectivity index (χ4n) is 3.63. The molecule has 0 radical (unpaired) electrons. The normalized spacial score (nSPS) is 11.5. The van der Waals surface area contributed by atoms with Gasteiger partial charge in [0, 0.05) is 27.9 Å². The molecule has 190 valence electrons. The molecule has 4 aromatic rings. The van der Waals surface area contributed by atoms with E-state index in [-0.39, 0.29) is 11.8 Å². The lowest BCUT2D eigenvalue weighted by molar-refractivity contribution is -0.116. The number of amides is 2. The van der Waals surface area contributed by atoms with Gasteiger partial charge in [0.15, 0.2) is 5.13 Å². The van der Waals surface area contributed by atoms with Crippen molar-refractivity contribution in [3.8, 4) is 17.0 Å². The molecule has 0 spiro atoms. The van der Waals surface area contributed by atoms with Crippen LogP contribution in [0.1, 0.15) is 37.5 Å². The summed E-state index contributed by atoms with van der Waals surface area (Å²) in [6.45, 7) is 4.54. The first-order valence-electron chi connectivity index (χ1n) is 12.2. The van der Waals surface area contributed by atoms with Crippen molar-refractivity contribution in [1.82, 2.24) is 4.98 Å². The fourth-order valence-corrected chi connectivity index (χ4v) is 5.37. The maximum atomic E-state index is 13.4. The molecule has 1 atom stereocenters. The maximum Gasteiger partial charge on any atom is 0.244 e. The van der Waals surface area contributed by atoms with Crippen molar-refractivity contribution < 1.29 is 14.3 Å². The van der Waals surface area contributed by atoms with Gasteiger partial charge in [-0.3, -0.25) is 9.59 Å². The van der Waals surface area contributed by atoms with Crippen molar-refractivity contribution in [3.05, 3.63) is 89.8 Å². The van der Waals surface area contributed by atoms with Gasteiger partial charge in [-0.2, -0.15) is 0 Å². The molecule has 0 aliphatic rings. The molecule has 1 unspecified atom stereocenters. The average molecular weight is 532 g/mol. The van der Waals surface area contributed by atoms with E-state index >= 15 is 0 Å². The van der Waals surface area contributed by atoms with Crippen LogP contribution in [0.4, 0.5) is 10.8 Å². The second kappa shape index (κ2) is 13.1. The number of benzene rings is 3. The Kier molecular flexibility index (Phi) is 9.35. The van der Waals surface area contributed by atoms with Gasteiger partial charge in [0.25, 0.3) is 0 Å². The van der Waals surface area contributed by atoms with Crippen LogP contribution in [0.25, 0.3) is 11.3 Å². The standard InChI is InChI=1S/C29H29N3O3S2/c1-3-8-26(33)30-22-13-17-24(18-14-22)37-27(21-9-6-5-7-10-21)28(34)32-29-31-25(19-36-29)20-11-15-23(16-12-20)35-4-2/h5-7,9-19,27H,3-4,8H2,1-2H3,(H,30,33)(H,31,32,34). The smallest absolute Gasteiger partial charge is 0.244 e. The van der Waals surface area contributed by atoms with Crippen LogP contribution in [0, 0.1) is 0 Å². The summed E-state index contributed by atoms with van der Waals surface area (Å²) >= 11 is 2.85. The Morgan fingerprint density at radius 2 is 1.68 bits per heavy atom. The second-order valence-electron chi connectivity index (χ2n) is 8.22. The topological polar surface area (TPSA) is 80.3 Å². The highest BCUT2D eigenvalue weighted by atomic mass is 32.2. The Bertz CT molecular complexity index is 1310. The number of thiazole rings is 1. The average Bonchev–Trinajstić information content (AvgIpc) is 3.38. The minimum atomic E-state index is -0.473. The summed E-state index contributed by atoms with van der Waals surface area (Å²) in [5.41, 5.74) is 3.40. The van der Waals surface area contributed by atoms with Gasteiger partial charge in [-0.25, -0.2) is 4.98 Å². The van der Waals surface area contributed by atoms with Gasteiger partial charge in [0.1, 0.15) is 11.0 Å². The zero-order valence-electron chi connectivity index (χ0n) is 20.8. The van der Waals surface area contributed by atoms with Gasteiger partial charge < -0.3 is 15.4 Å². The van der Waals surface area contributed by atoms with Crippen molar-refractivity contribution in [2.45, 2.75) is 36.8 Å². The lowest BCUT2D eigenvalue weighted by atomic mass is 10.1. The maximum absolute atomic E-state index is 13.4. The van der Waals surface area contributed by atoms with Crippen LogP contribution in [0.5, 0.6) is 5.75 Å². The summed E-state index contributed by atoms with van der Waals surface area (Å²) in [6.07, 6.45) is 1.29. The number of hydrogen-bond acceptors (Lipinski definition) is 6. The zero-order chi connectivity index (χ0) is 26.0. The van der Waals surface area contributed by atoms with Crippen molar-refractivity contribution in [1.29, 1.82) is 0 Å². The predicted octanol–water partition coefficient (Wildman–Crippen LogP) is 7.42. The number of ether oxygens (including phenoxy) is 1. The molecule has 1 heterocycles. The third kappa shape index (κ3) is 7.44. The van der Waals surface area contributed by atoms with Crippen molar-refractivity contribution in [2.24, 2.45) is 0 Å². The third-order valence-electron chi connectivity index (χ3n) is 5.40. The first-order valence-corrected chi connectivity index (χ1v) is 13.9. The van der Waals surface area contributed by atoms with E-state index in [0.717, 1.165) is 39.6 Å². The van der Waals surface area contributed by atoms with Crippen molar-refractivity contribution in [3.63, 3.8) is 0 Å². The Balaban J connectivity index is 1.47. The van der Waals surface area contributed by atoms with E-state index in [1.807, 2.05) is 98.1 Å². The van der Waals surface area contributed by atoms with E-state index < -0.39 is 5.25 Å². The van der Waals surface area contributed by atoms with Gasteiger partial charge in [0.2, 0.25) is 11.8 Å². The van der Waals surface area contributed by atoms with Crippen LogP contribution in [-0.4, -0.2) is 23.4 Å². The van der Waals surface area contributed by atoms with Crippen LogP contribution >= 0.6 is 23.1 Å². The Morgan fingerprint density at radius 1 is 0.946 bits per heavy atom. The minimum absolute atomic E-state index is 0.00232. The van der Waals surface area contributed by atoms with E-state index in [9.17, 15) is 9.59 Å². The Morgan fingerprint density at radius 3 is 2.35 bits per heavy atom. The highest BCUT2D eigenvalue weighted by Crippen LogP contribution is 2.37. The number of anilines is 2. The van der Waals surface area contributed by atoms with Crippen molar-refractivity contribution >= 4 is 45.7 Å². The first-order chi connectivity index (χ1) is 18.1. The summed E-state index contributed by atoms with van der Waals surface area (Å²) in [5.74, 6) is 0.663. The van der Waals surface area contributed by atoms with Crippen LogP contribution < -0.4 is 15.4 Å². The molecule has 2 amide bonds. The number of nitrogens with one attached hydrogen (secondary N) is 2. The summed E-state index contributed by atoms with van der Waals surface area (Å²) in [4.78, 5) is 30.9. The van der Waals surface area contributed by atoms with Gasteiger partial charge >= 0.3 is 0 Å². The quantitative estimate of drug-likeness (QED) is 0.197. The molecular weight excluding hydrogens is 502 g/mol. The molecule has 37 heavy (non-hydrogen) atoms. The van der Waals surface area contributed by atoms with Crippen molar-refractivity contribution in [2.75, 3.05) is 17.2 Å². The second-order valence-corrected chi connectivity index (χ2v) is 10.3. The van der Waals surface area contributed by atoms with Gasteiger partial charge in [-0.05, 0) is 67.4 Å². The first kappa shape index (κ1) is 26.4. The van der Waals surface area contributed by atoms with Crippen LogP contribution in [0.2, 0.25) is 0 Å². The number of thioether (sulfide) groups is 1. The minimum Gasteiger partial charge on any atom is -0.494 e. The number of carbonyl (C=O) groups is 2. The fraction of sp³-hybridized carbons (Fsp3) is 0.207. The summed E-state index contributed by atoms with van der Waals surface area (Å²) in [7, 11) is 0.